The molecule has 10 rings (SSSR count). The maximum absolute atomic E-state index is 14.9. The van der Waals surface area contributed by atoms with Crippen molar-refractivity contribution in [2.45, 2.75) is 27.7 Å². The van der Waals surface area contributed by atoms with Crippen LogP contribution in [0.1, 0.15) is 27.7 Å². The Morgan fingerprint density at radius 1 is 0.324 bits per heavy atom. The van der Waals surface area contributed by atoms with Crippen molar-refractivity contribution in [2.24, 2.45) is 0 Å². The number of hydrogen-bond donors (Lipinski definition) is 0. The van der Waals surface area contributed by atoms with Crippen LogP contribution in [-0.2, 0) is 27.2 Å². The fourth-order valence-corrected chi connectivity index (χ4v) is 17.9. The SMILES string of the molecule is CCOP(=O)(OCC)c1cc(-c2cc(P(=O)(OCC)OCC)c(-c3ccc(-c4ccc(N(c5ccccc5)c5ccccc5)cc4)s3)s2)sc1-c1ccc(-c2ccc(N(c3ccccc3)c3ccccc3)cc2)s1. The lowest BCUT2D eigenvalue weighted by Gasteiger charge is -2.25. The van der Waals surface area contributed by atoms with E-state index in [4.69, 9.17) is 18.1 Å². The molecule has 6 aromatic carbocycles. The Labute approximate surface area is 449 Å². The van der Waals surface area contributed by atoms with E-state index in [0.29, 0.717) is 10.6 Å². The summed E-state index contributed by atoms with van der Waals surface area (Å²) in [6.45, 7) is 8.11. The molecular weight excluding hydrogens is 1030 g/mol. The first-order chi connectivity index (χ1) is 36.2. The number of para-hydroxylation sites is 4. The standard InChI is InChI=1S/C60H54N2O6P2S4/c1-5-65-69(63,66-6-2)51-41-57(73-59(51)55-39-37-53(71-55)43-29-33-49(34-30-43)61(45-21-13-9-14-22-45)46-23-15-10-16-24-46)58-42-52(70(64,67-7-3)68-8-4)60(74-58)56-40-38-54(72-56)44-31-35-50(36-32-44)62(47-25-17-11-18-26-47)48-27-19-12-20-28-48/h9-42H,5-8H2,1-4H3. The molecule has 0 fully saturated rings. The molecule has 4 aromatic heterocycles. The van der Waals surface area contributed by atoms with Gasteiger partial charge < -0.3 is 27.9 Å². The highest BCUT2D eigenvalue weighted by Gasteiger charge is 2.36. The lowest BCUT2D eigenvalue weighted by atomic mass is 10.1. The predicted octanol–water partition coefficient (Wildman–Crippen LogP) is 19.0. The summed E-state index contributed by atoms with van der Waals surface area (Å²) in [6, 6.07) is 70.9. The Balaban J connectivity index is 1.01. The van der Waals surface area contributed by atoms with Gasteiger partial charge in [-0.25, -0.2) is 0 Å². The zero-order chi connectivity index (χ0) is 51.1. The number of hydrogen-bond acceptors (Lipinski definition) is 12. The molecule has 0 unspecified atom stereocenters. The summed E-state index contributed by atoms with van der Waals surface area (Å²) in [4.78, 5) is 11.7. The van der Waals surface area contributed by atoms with Gasteiger partial charge in [-0.3, -0.25) is 9.13 Å². The molecule has 8 nitrogen and oxygen atoms in total. The number of rotatable bonds is 21. The monoisotopic (exact) mass is 1090 g/mol. The lowest BCUT2D eigenvalue weighted by molar-refractivity contribution is 0.229. The van der Waals surface area contributed by atoms with Gasteiger partial charge in [-0.2, -0.15) is 0 Å². The number of anilines is 6. The molecule has 0 aliphatic rings. The minimum absolute atomic E-state index is 0.202. The highest BCUT2D eigenvalue weighted by atomic mass is 32.1. The van der Waals surface area contributed by atoms with Crippen molar-refractivity contribution in [3.05, 3.63) is 206 Å². The first kappa shape index (κ1) is 51.5. The van der Waals surface area contributed by atoms with Crippen LogP contribution in [0.5, 0.6) is 0 Å². The molecular formula is C60H54N2O6P2S4. The van der Waals surface area contributed by atoms with E-state index in [1.807, 2.05) is 64.1 Å². The highest BCUT2D eigenvalue weighted by Crippen LogP contribution is 2.57. The van der Waals surface area contributed by atoms with Crippen LogP contribution in [0.2, 0.25) is 0 Å². The van der Waals surface area contributed by atoms with E-state index in [-0.39, 0.29) is 26.4 Å². The van der Waals surface area contributed by atoms with E-state index in [9.17, 15) is 9.13 Å². The molecule has 374 valence electrons. The topological polar surface area (TPSA) is 77.5 Å². The van der Waals surface area contributed by atoms with Crippen LogP contribution < -0.4 is 20.4 Å². The molecule has 0 N–H and O–H groups in total. The van der Waals surface area contributed by atoms with Gasteiger partial charge in [0.1, 0.15) is 0 Å². The zero-order valence-electron chi connectivity index (χ0n) is 41.3. The van der Waals surface area contributed by atoms with Crippen molar-refractivity contribution < 1.29 is 27.2 Å². The zero-order valence-corrected chi connectivity index (χ0v) is 46.4. The molecule has 0 atom stereocenters. The van der Waals surface area contributed by atoms with Crippen LogP contribution in [-0.4, -0.2) is 26.4 Å². The Morgan fingerprint density at radius 3 is 0.878 bits per heavy atom. The van der Waals surface area contributed by atoms with Crippen molar-refractivity contribution in [3.8, 4) is 50.1 Å². The molecule has 0 saturated heterocycles. The molecule has 0 aliphatic carbocycles. The molecule has 0 saturated carbocycles. The van der Waals surface area contributed by atoms with E-state index >= 15 is 0 Å². The summed E-state index contributed by atoms with van der Waals surface area (Å²) in [6.07, 6.45) is 0. The number of thiophene rings is 4. The molecule has 0 amide bonds. The van der Waals surface area contributed by atoms with Crippen molar-refractivity contribution in [3.63, 3.8) is 0 Å². The number of benzene rings is 6. The summed E-state index contributed by atoms with van der Waals surface area (Å²) < 4.78 is 54.0. The second-order valence-electron chi connectivity index (χ2n) is 16.8. The minimum Gasteiger partial charge on any atom is -0.311 e. The van der Waals surface area contributed by atoms with Gasteiger partial charge in [0.05, 0.1) is 46.8 Å². The van der Waals surface area contributed by atoms with Gasteiger partial charge >= 0.3 is 15.2 Å². The average Bonchev–Trinajstić information content (AvgIpc) is 4.29. The van der Waals surface area contributed by atoms with Crippen molar-refractivity contribution in [2.75, 3.05) is 36.2 Å². The van der Waals surface area contributed by atoms with Crippen LogP contribution >= 0.6 is 60.5 Å². The first-order valence-electron chi connectivity index (χ1n) is 24.5. The summed E-state index contributed by atoms with van der Waals surface area (Å²) in [5, 5.41) is 1.00. The van der Waals surface area contributed by atoms with E-state index < -0.39 is 15.2 Å². The molecule has 14 heteroatoms. The van der Waals surface area contributed by atoms with Gasteiger partial charge in [0, 0.05) is 63.4 Å². The third-order valence-corrected chi connectivity index (χ3v) is 21.7. The van der Waals surface area contributed by atoms with Crippen LogP contribution in [0, 0.1) is 0 Å². The Hall–Kier alpha value is -5.98. The Bertz CT molecular complexity index is 3190. The summed E-state index contributed by atoms with van der Waals surface area (Å²) in [5.74, 6) is 0. The molecule has 10 aromatic rings. The second kappa shape index (κ2) is 23.3. The Kier molecular flexibility index (Phi) is 16.2. The van der Waals surface area contributed by atoms with Crippen LogP contribution in [0.15, 0.2) is 206 Å². The van der Waals surface area contributed by atoms with Crippen molar-refractivity contribution in [1.82, 2.24) is 0 Å². The fraction of sp³-hybridized carbons (Fsp3) is 0.133. The molecule has 0 bridgehead atoms. The van der Waals surface area contributed by atoms with Gasteiger partial charge in [-0.15, -0.1) is 45.3 Å². The van der Waals surface area contributed by atoms with E-state index in [0.717, 1.165) is 84.3 Å². The van der Waals surface area contributed by atoms with E-state index in [1.54, 1.807) is 22.7 Å². The van der Waals surface area contributed by atoms with E-state index in [2.05, 4.69) is 180 Å². The predicted molar refractivity (Wildman–Crippen MR) is 315 cm³/mol. The largest absolute Gasteiger partial charge is 0.362 e. The first-order valence-corrected chi connectivity index (χ1v) is 30.9. The summed E-state index contributed by atoms with van der Waals surface area (Å²) in [7, 11) is -7.59. The quantitative estimate of drug-likeness (QED) is 0.0659. The number of nitrogens with zero attached hydrogens (tertiary/aromatic N) is 2. The van der Waals surface area contributed by atoms with E-state index in [1.165, 1.54) is 22.7 Å². The van der Waals surface area contributed by atoms with Gasteiger partial charge in [-0.05, 0) is 148 Å². The average molecular weight is 1090 g/mol. The molecule has 0 aliphatic heterocycles. The fourth-order valence-electron chi connectivity index (χ4n) is 8.78. The molecule has 74 heavy (non-hydrogen) atoms. The highest BCUT2D eigenvalue weighted by molar-refractivity contribution is 7.64. The van der Waals surface area contributed by atoms with Crippen molar-refractivity contribution >= 4 is 105 Å². The smallest absolute Gasteiger partial charge is 0.311 e. The van der Waals surface area contributed by atoms with Crippen LogP contribution in [0.25, 0.3) is 50.1 Å². The van der Waals surface area contributed by atoms with Gasteiger partial charge in [0.25, 0.3) is 0 Å². The molecule has 0 radical (unpaired) electrons. The minimum atomic E-state index is -3.80. The second-order valence-corrected chi connectivity index (χ2v) is 25.0. The third kappa shape index (κ3) is 10.9. The maximum atomic E-state index is 14.9. The normalized spacial score (nSPS) is 11.8. The maximum Gasteiger partial charge on any atom is 0.362 e. The van der Waals surface area contributed by atoms with Crippen molar-refractivity contribution in [1.29, 1.82) is 0 Å². The summed E-state index contributed by atoms with van der Waals surface area (Å²) in [5.41, 5.74) is 8.48. The van der Waals surface area contributed by atoms with Gasteiger partial charge in [0.15, 0.2) is 0 Å². The Morgan fingerprint density at radius 2 is 0.595 bits per heavy atom. The van der Waals surface area contributed by atoms with Gasteiger partial charge in [0.2, 0.25) is 0 Å². The molecule has 0 spiro atoms. The van der Waals surface area contributed by atoms with Crippen LogP contribution in [0.3, 0.4) is 0 Å². The summed E-state index contributed by atoms with van der Waals surface area (Å²) >= 11 is 6.30. The molecule has 4 heterocycles. The lowest BCUT2D eigenvalue weighted by Crippen LogP contribution is -2.11. The van der Waals surface area contributed by atoms with Crippen LogP contribution in [0.4, 0.5) is 34.1 Å². The third-order valence-electron chi connectivity index (χ3n) is 12.0. The van der Waals surface area contributed by atoms with Gasteiger partial charge in [-0.1, -0.05) is 97.1 Å².